The first-order valence-electron chi connectivity index (χ1n) is 6.48. The van der Waals surface area contributed by atoms with Gasteiger partial charge >= 0.3 is 5.97 Å². The largest absolute Gasteiger partial charge is 0.478 e. The molecule has 2 aromatic rings. The summed E-state index contributed by atoms with van der Waals surface area (Å²) in [7, 11) is -1.10. The number of imidazole rings is 1. The third-order valence-corrected chi connectivity index (χ3v) is 4.70. The molecule has 0 aliphatic heterocycles. The van der Waals surface area contributed by atoms with Gasteiger partial charge in [-0.15, -0.1) is 0 Å². The molecule has 7 heteroatoms. The quantitative estimate of drug-likeness (QED) is 0.654. The number of aromatic nitrogens is 3. The molecule has 0 fully saturated rings. The lowest BCUT2D eigenvalue weighted by Crippen LogP contribution is -2.21. The van der Waals surface area contributed by atoms with Gasteiger partial charge in [-0.05, 0) is 6.04 Å². The average molecular weight is 293 g/mol. The number of ether oxygens (including phenoxy) is 1. The maximum absolute atomic E-state index is 11.1. The maximum atomic E-state index is 11.1. The number of hydrogen-bond donors (Lipinski definition) is 1. The Kier molecular flexibility index (Phi) is 4.19. The molecule has 0 radical (unpaired) electrons. The van der Waals surface area contributed by atoms with Crippen LogP contribution in [-0.4, -0.2) is 40.3 Å². The number of carboxylic acid groups (broad SMARTS) is 1. The fraction of sp³-hybridized carbons (Fsp3) is 0.462. The minimum absolute atomic E-state index is 0.114. The van der Waals surface area contributed by atoms with Crippen LogP contribution in [-0.2, 0) is 11.5 Å². The number of fused-ring (bicyclic) bond motifs is 1. The average Bonchev–Trinajstić information content (AvgIpc) is 2.76. The highest BCUT2D eigenvalue weighted by molar-refractivity contribution is 6.76. The van der Waals surface area contributed by atoms with Crippen LogP contribution in [0.1, 0.15) is 10.4 Å². The van der Waals surface area contributed by atoms with E-state index in [1.165, 1.54) is 6.20 Å². The number of nitrogens with zero attached hydrogens (tertiary/aromatic N) is 3. The Morgan fingerprint density at radius 1 is 1.40 bits per heavy atom. The molecule has 20 heavy (non-hydrogen) atoms. The van der Waals surface area contributed by atoms with Gasteiger partial charge < -0.3 is 14.4 Å². The van der Waals surface area contributed by atoms with Crippen molar-refractivity contribution in [3.05, 3.63) is 24.3 Å². The van der Waals surface area contributed by atoms with Gasteiger partial charge in [0.05, 0.1) is 18.0 Å². The monoisotopic (exact) mass is 293 g/mol. The van der Waals surface area contributed by atoms with Crippen molar-refractivity contribution in [2.75, 3.05) is 6.61 Å². The van der Waals surface area contributed by atoms with Crippen LogP contribution in [0.15, 0.2) is 18.7 Å². The van der Waals surface area contributed by atoms with E-state index in [9.17, 15) is 4.79 Å². The summed E-state index contributed by atoms with van der Waals surface area (Å²) in [6.45, 7) is 7.97. The summed E-state index contributed by atoms with van der Waals surface area (Å²) >= 11 is 0. The Morgan fingerprint density at radius 2 is 2.15 bits per heavy atom. The molecule has 0 aromatic carbocycles. The zero-order chi connectivity index (χ0) is 14.8. The van der Waals surface area contributed by atoms with Gasteiger partial charge in [0, 0.05) is 20.9 Å². The smallest absolute Gasteiger partial charge is 0.339 e. The van der Waals surface area contributed by atoms with Crippen molar-refractivity contribution in [3.63, 3.8) is 0 Å². The minimum Gasteiger partial charge on any atom is -0.478 e. The molecule has 0 amide bonds. The number of carboxylic acids is 1. The first kappa shape index (κ1) is 14.7. The minimum atomic E-state index is -1.10. The van der Waals surface area contributed by atoms with Gasteiger partial charge in [-0.2, -0.15) is 0 Å². The SMILES string of the molecule is C[Si](C)(C)CCOCn1cnc2c(C(=O)O)cncc21. The molecule has 0 aliphatic carbocycles. The molecule has 1 N–H and O–H groups in total. The molecule has 0 unspecified atom stereocenters. The summed E-state index contributed by atoms with van der Waals surface area (Å²) < 4.78 is 7.42. The first-order valence-corrected chi connectivity index (χ1v) is 10.2. The highest BCUT2D eigenvalue weighted by Crippen LogP contribution is 2.16. The number of rotatable bonds is 6. The second-order valence-corrected chi connectivity index (χ2v) is 11.5. The van der Waals surface area contributed by atoms with E-state index in [4.69, 9.17) is 9.84 Å². The number of carbonyl (C=O) groups is 1. The third kappa shape index (κ3) is 3.43. The van der Waals surface area contributed by atoms with E-state index in [1.54, 1.807) is 17.1 Å². The first-order chi connectivity index (χ1) is 9.38. The van der Waals surface area contributed by atoms with Gasteiger partial charge in [-0.3, -0.25) is 4.98 Å². The van der Waals surface area contributed by atoms with Crippen LogP contribution in [0.5, 0.6) is 0 Å². The summed E-state index contributed by atoms with van der Waals surface area (Å²) in [5.41, 5.74) is 1.24. The Hall–Kier alpha value is -1.73. The van der Waals surface area contributed by atoms with Crippen LogP contribution in [0.25, 0.3) is 11.0 Å². The van der Waals surface area contributed by atoms with Crippen molar-refractivity contribution in [1.29, 1.82) is 0 Å². The maximum Gasteiger partial charge on any atom is 0.339 e. The summed E-state index contributed by atoms with van der Waals surface area (Å²) in [6.07, 6.45) is 4.51. The van der Waals surface area contributed by atoms with Gasteiger partial charge in [0.1, 0.15) is 17.8 Å². The topological polar surface area (TPSA) is 77.2 Å². The molecule has 108 valence electrons. The normalized spacial score (nSPS) is 11.9. The molecule has 2 rings (SSSR count). The Balaban J connectivity index is 2.08. The van der Waals surface area contributed by atoms with Gasteiger partial charge in [0.25, 0.3) is 0 Å². The highest BCUT2D eigenvalue weighted by Gasteiger charge is 2.14. The third-order valence-electron chi connectivity index (χ3n) is 2.99. The zero-order valence-electron chi connectivity index (χ0n) is 12.0. The molecule has 0 saturated carbocycles. The number of pyridine rings is 1. The Labute approximate surface area is 118 Å². The summed E-state index contributed by atoms with van der Waals surface area (Å²) in [4.78, 5) is 19.2. The van der Waals surface area contributed by atoms with Gasteiger partial charge in [-0.25, -0.2) is 9.78 Å². The molecule has 0 bridgehead atoms. The second kappa shape index (κ2) is 5.72. The summed E-state index contributed by atoms with van der Waals surface area (Å²) in [6, 6.07) is 1.10. The van der Waals surface area contributed by atoms with E-state index in [2.05, 4.69) is 29.6 Å². The van der Waals surface area contributed by atoms with E-state index in [-0.39, 0.29) is 5.56 Å². The number of hydrogen-bond acceptors (Lipinski definition) is 4. The van der Waals surface area contributed by atoms with Crippen LogP contribution >= 0.6 is 0 Å². The Morgan fingerprint density at radius 3 is 2.80 bits per heavy atom. The van der Waals surface area contributed by atoms with Crippen LogP contribution in [0.4, 0.5) is 0 Å². The van der Waals surface area contributed by atoms with Crippen molar-refractivity contribution < 1.29 is 14.6 Å². The lowest BCUT2D eigenvalue weighted by Gasteiger charge is -2.15. The summed E-state index contributed by atoms with van der Waals surface area (Å²) in [5, 5.41) is 9.08. The highest BCUT2D eigenvalue weighted by atomic mass is 28.3. The van der Waals surface area contributed by atoms with E-state index < -0.39 is 14.0 Å². The van der Waals surface area contributed by atoms with Crippen LogP contribution < -0.4 is 0 Å². The molecular formula is C13H19N3O3Si. The van der Waals surface area contributed by atoms with E-state index >= 15 is 0 Å². The molecule has 2 heterocycles. The van der Waals surface area contributed by atoms with Crippen LogP contribution in [0.2, 0.25) is 25.7 Å². The zero-order valence-corrected chi connectivity index (χ0v) is 13.0. The van der Waals surface area contributed by atoms with E-state index in [0.29, 0.717) is 24.4 Å². The predicted molar refractivity (Wildman–Crippen MR) is 78.6 cm³/mol. The molecule has 0 atom stereocenters. The molecule has 0 aliphatic rings. The molecule has 2 aromatic heterocycles. The fourth-order valence-electron chi connectivity index (χ4n) is 1.78. The lowest BCUT2D eigenvalue weighted by molar-refractivity contribution is 0.0698. The van der Waals surface area contributed by atoms with Crippen LogP contribution in [0.3, 0.4) is 0 Å². The molecule has 6 nitrogen and oxygen atoms in total. The predicted octanol–water partition coefficient (Wildman–Crippen LogP) is 2.44. The van der Waals surface area contributed by atoms with E-state index in [1.807, 2.05) is 0 Å². The second-order valence-electron chi connectivity index (χ2n) is 5.92. The Bertz CT molecular complexity index is 619. The summed E-state index contributed by atoms with van der Waals surface area (Å²) in [5.74, 6) is -1.02. The standard InChI is InChI=1S/C13H19N3O3Si/c1-20(2,3)5-4-19-9-16-8-15-12-10(13(17)18)6-14-7-11(12)16/h6-8H,4-5,9H2,1-3H3,(H,17,18). The lowest BCUT2D eigenvalue weighted by atomic mass is 10.2. The fourth-order valence-corrected chi connectivity index (χ4v) is 2.54. The van der Waals surface area contributed by atoms with Crippen molar-refractivity contribution in [3.8, 4) is 0 Å². The molecule has 0 saturated heterocycles. The van der Waals surface area contributed by atoms with E-state index in [0.717, 1.165) is 6.04 Å². The number of aromatic carboxylic acids is 1. The molecule has 0 spiro atoms. The van der Waals surface area contributed by atoms with Gasteiger partial charge in [0.15, 0.2) is 0 Å². The van der Waals surface area contributed by atoms with Crippen molar-refractivity contribution in [2.24, 2.45) is 0 Å². The van der Waals surface area contributed by atoms with Crippen molar-refractivity contribution >= 4 is 25.1 Å². The van der Waals surface area contributed by atoms with Crippen LogP contribution in [0, 0.1) is 0 Å². The van der Waals surface area contributed by atoms with Gasteiger partial charge in [-0.1, -0.05) is 19.6 Å². The van der Waals surface area contributed by atoms with Crippen molar-refractivity contribution in [1.82, 2.24) is 14.5 Å². The van der Waals surface area contributed by atoms with Crippen molar-refractivity contribution in [2.45, 2.75) is 32.4 Å². The van der Waals surface area contributed by atoms with Gasteiger partial charge in [0.2, 0.25) is 0 Å². The molecular weight excluding hydrogens is 274 g/mol.